The Morgan fingerprint density at radius 3 is 1.11 bits per heavy atom. The van der Waals surface area contributed by atoms with E-state index < -0.39 is 0 Å². The lowest BCUT2D eigenvalue weighted by Crippen LogP contribution is -2.49. The lowest BCUT2D eigenvalue weighted by Gasteiger charge is -2.60. The van der Waals surface area contributed by atoms with Crippen molar-refractivity contribution in [2.45, 2.75) is 142 Å². The van der Waals surface area contributed by atoms with Gasteiger partial charge in [-0.15, -0.1) is 0 Å². The van der Waals surface area contributed by atoms with Crippen molar-refractivity contribution < 1.29 is 0 Å². The summed E-state index contributed by atoms with van der Waals surface area (Å²) in [4.78, 5) is 0. The van der Waals surface area contributed by atoms with Crippen LogP contribution >= 0.6 is 0 Å². The largest absolute Gasteiger partial charge is 0.0654 e. The zero-order valence-electron chi connectivity index (χ0n) is 19.5. The summed E-state index contributed by atoms with van der Waals surface area (Å²) in [5.41, 5.74) is 1.60. The van der Waals surface area contributed by atoms with Crippen LogP contribution in [0.5, 0.6) is 0 Å². The van der Waals surface area contributed by atoms with Crippen molar-refractivity contribution in [3.8, 4) is 0 Å². The Hall–Kier alpha value is 0. The Labute approximate surface area is 177 Å². The number of hydrogen-bond donors (Lipinski definition) is 0. The van der Waals surface area contributed by atoms with E-state index in [-0.39, 0.29) is 0 Å². The first kappa shape index (κ1) is 21.2. The van der Waals surface area contributed by atoms with Crippen molar-refractivity contribution in [1.82, 2.24) is 0 Å². The first-order chi connectivity index (χ1) is 13.7. The molecule has 0 spiro atoms. The van der Waals surface area contributed by atoms with E-state index >= 15 is 0 Å². The monoisotopic (exact) mass is 386 g/mol. The minimum Gasteiger partial charge on any atom is -0.0654 e. The lowest BCUT2D eigenvalue weighted by atomic mass is 9.45. The Kier molecular flexibility index (Phi) is 7.15. The van der Waals surface area contributed by atoms with Crippen LogP contribution in [-0.2, 0) is 0 Å². The van der Waals surface area contributed by atoms with Gasteiger partial charge in [-0.1, -0.05) is 78.1 Å². The van der Waals surface area contributed by atoms with Gasteiger partial charge in [-0.25, -0.2) is 0 Å². The molecule has 0 aromatic rings. The van der Waals surface area contributed by atoms with Crippen LogP contribution in [0, 0.1) is 34.5 Å². The highest BCUT2D eigenvalue weighted by Gasteiger charge is 2.54. The van der Waals surface area contributed by atoms with E-state index in [0.29, 0.717) is 0 Å². The summed E-state index contributed by atoms with van der Waals surface area (Å²) in [5, 5.41) is 0. The molecule has 0 amide bonds. The highest BCUT2D eigenvalue weighted by Crippen LogP contribution is 2.66. The van der Waals surface area contributed by atoms with E-state index in [1.807, 2.05) is 0 Å². The van der Waals surface area contributed by atoms with Gasteiger partial charge in [-0.3, -0.25) is 0 Å². The van der Waals surface area contributed by atoms with E-state index in [0.717, 1.165) is 34.5 Å². The van der Waals surface area contributed by atoms with E-state index in [2.05, 4.69) is 13.8 Å². The third-order valence-corrected chi connectivity index (χ3v) is 10.7. The van der Waals surface area contributed by atoms with Gasteiger partial charge >= 0.3 is 0 Å². The third-order valence-electron chi connectivity index (χ3n) is 10.7. The van der Waals surface area contributed by atoms with Crippen molar-refractivity contribution in [2.24, 2.45) is 34.5 Å². The Bertz CT molecular complexity index is 392. The summed E-state index contributed by atoms with van der Waals surface area (Å²) in [5.74, 6) is 4.38. The quantitative estimate of drug-likeness (QED) is 0.390. The molecule has 0 heterocycles. The molecule has 2 bridgehead atoms. The molecule has 5 saturated carbocycles. The first-order valence-corrected chi connectivity index (χ1v) is 13.7. The van der Waals surface area contributed by atoms with Crippen LogP contribution in [0.4, 0.5) is 0 Å². The molecule has 0 unspecified atom stereocenters. The molecule has 0 radical (unpaired) electrons. The summed E-state index contributed by atoms with van der Waals surface area (Å²) in [7, 11) is 0. The molecule has 0 saturated heterocycles. The standard InChI is InChI=1S/C28H50/c1-3-5-7-23-9-13-25(14-10-23)27-17-20-28(21-18-27,22-19-27)26-15-11-24(12-16-26)8-6-4-2/h23-26H,3-22H2,1-2H3/t23-,24-,25-,26-,27?,28?. The second-order valence-corrected chi connectivity index (χ2v) is 11.9. The molecule has 5 rings (SSSR count). The van der Waals surface area contributed by atoms with Crippen molar-refractivity contribution in [3.05, 3.63) is 0 Å². The highest BCUT2D eigenvalue weighted by atomic mass is 14.6. The van der Waals surface area contributed by atoms with Crippen molar-refractivity contribution in [3.63, 3.8) is 0 Å². The average Bonchev–Trinajstić information content (AvgIpc) is 2.78. The van der Waals surface area contributed by atoms with Gasteiger partial charge in [0.25, 0.3) is 0 Å². The van der Waals surface area contributed by atoms with Crippen LogP contribution in [0.2, 0.25) is 0 Å². The number of hydrogen-bond acceptors (Lipinski definition) is 0. The van der Waals surface area contributed by atoms with Crippen molar-refractivity contribution in [2.75, 3.05) is 0 Å². The van der Waals surface area contributed by atoms with Gasteiger partial charge < -0.3 is 0 Å². The SMILES string of the molecule is CCCC[C@H]1CC[C@H](C23CCC([C@H]4CC[C@H](CCCC)CC4)(CC2)CC3)CC1. The lowest BCUT2D eigenvalue weighted by molar-refractivity contribution is -0.0960. The topological polar surface area (TPSA) is 0 Å². The molecular weight excluding hydrogens is 336 g/mol. The molecule has 5 aliphatic carbocycles. The molecule has 162 valence electrons. The van der Waals surface area contributed by atoms with Gasteiger partial charge in [0.05, 0.1) is 0 Å². The van der Waals surface area contributed by atoms with E-state index in [4.69, 9.17) is 0 Å². The van der Waals surface area contributed by atoms with Crippen LogP contribution in [-0.4, -0.2) is 0 Å². The molecule has 28 heavy (non-hydrogen) atoms. The highest BCUT2D eigenvalue weighted by molar-refractivity contribution is 5.05. The molecule has 0 aromatic carbocycles. The number of rotatable bonds is 8. The summed E-state index contributed by atoms with van der Waals surface area (Å²) in [6.07, 6.45) is 31.1. The molecule has 0 N–H and O–H groups in total. The molecule has 0 heteroatoms. The van der Waals surface area contributed by atoms with Crippen LogP contribution in [0.3, 0.4) is 0 Å². The van der Waals surface area contributed by atoms with Crippen molar-refractivity contribution >= 4 is 0 Å². The second kappa shape index (κ2) is 9.43. The van der Waals surface area contributed by atoms with Crippen LogP contribution in [0.1, 0.15) is 142 Å². The summed E-state index contributed by atoms with van der Waals surface area (Å²) in [6.45, 7) is 4.72. The molecule has 0 atom stereocenters. The summed E-state index contributed by atoms with van der Waals surface area (Å²) < 4.78 is 0. The molecule has 0 aliphatic heterocycles. The van der Waals surface area contributed by atoms with Gasteiger partial charge in [-0.2, -0.15) is 0 Å². The predicted octanol–water partition coefficient (Wildman–Crippen LogP) is 9.32. The van der Waals surface area contributed by atoms with E-state index in [9.17, 15) is 0 Å². The molecule has 5 aliphatic rings. The molecule has 5 fully saturated rings. The average molecular weight is 387 g/mol. The Balaban J connectivity index is 1.26. The fraction of sp³-hybridized carbons (Fsp3) is 1.00. The number of unbranched alkanes of at least 4 members (excludes halogenated alkanes) is 2. The molecular formula is C28H50. The minimum atomic E-state index is 0.801. The van der Waals surface area contributed by atoms with Crippen LogP contribution < -0.4 is 0 Å². The van der Waals surface area contributed by atoms with E-state index in [1.54, 1.807) is 89.9 Å². The smallest absolute Gasteiger partial charge is 0.0269 e. The van der Waals surface area contributed by atoms with Gasteiger partial charge in [0.2, 0.25) is 0 Å². The predicted molar refractivity (Wildman–Crippen MR) is 123 cm³/mol. The van der Waals surface area contributed by atoms with Crippen molar-refractivity contribution in [1.29, 1.82) is 0 Å². The summed E-state index contributed by atoms with van der Waals surface area (Å²) >= 11 is 0. The maximum atomic E-state index is 2.36. The maximum Gasteiger partial charge on any atom is -0.0269 e. The molecule has 0 nitrogen and oxygen atoms in total. The fourth-order valence-corrected chi connectivity index (χ4v) is 8.58. The normalized spacial score (nSPS) is 43.9. The van der Waals surface area contributed by atoms with Crippen LogP contribution in [0.15, 0.2) is 0 Å². The minimum absolute atomic E-state index is 0.801. The Morgan fingerprint density at radius 2 is 0.821 bits per heavy atom. The fourth-order valence-electron chi connectivity index (χ4n) is 8.58. The zero-order valence-corrected chi connectivity index (χ0v) is 19.5. The van der Waals surface area contributed by atoms with Gasteiger partial charge in [0.15, 0.2) is 0 Å². The van der Waals surface area contributed by atoms with E-state index in [1.165, 1.54) is 38.5 Å². The maximum absolute atomic E-state index is 2.36. The van der Waals surface area contributed by atoms with Gasteiger partial charge in [0.1, 0.15) is 0 Å². The Morgan fingerprint density at radius 1 is 0.500 bits per heavy atom. The van der Waals surface area contributed by atoms with Crippen LogP contribution in [0.25, 0.3) is 0 Å². The number of fused-ring (bicyclic) bond motifs is 3. The molecule has 0 aromatic heterocycles. The first-order valence-electron chi connectivity index (χ1n) is 13.7. The zero-order chi connectivity index (χ0) is 19.5. The third kappa shape index (κ3) is 4.37. The van der Waals surface area contributed by atoms with Gasteiger partial charge in [0, 0.05) is 0 Å². The van der Waals surface area contributed by atoms with Gasteiger partial charge in [-0.05, 0) is 98.7 Å². The second-order valence-electron chi connectivity index (χ2n) is 11.9. The summed E-state index contributed by atoms with van der Waals surface area (Å²) in [6, 6.07) is 0.